The summed E-state index contributed by atoms with van der Waals surface area (Å²) in [5, 5.41) is 12.0. The predicted octanol–water partition coefficient (Wildman–Crippen LogP) is 1.99. The Bertz CT molecular complexity index is 433. The third-order valence-corrected chi connectivity index (χ3v) is 2.04. The summed E-state index contributed by atoms with van der Waals surface area (Å²) in [5.41, 5.74) is -0.236. The van der Waals surface area contributed by atoms with Gasteiger partial charge >= 0.3 is 5.97 Å². The van der Waals surface area contributed by atoms with Crippen LogP contribution in [-0.4, -0.2) is 21.6 Å². The van der Waals surface area contributed by atoms with Crippen LogP contribution in [0.2, 0.25) is 0 Å². The monoisotopic (exact) mass is 218 g/mol. The van der Waals surface area contributed by atoms with Gasteiger partial charge in [-0.05, 0) is 26.0 Å². The van der Waals surface area contributed by atoms with Crippen molar-refractivity contribution in [1.29, 1.82) is 0 Å². The van der Waals surface area contributed by atoms with E-state index in [4.69, 9.17) is 11.5 Å². The Kier molecular flexibility index (Phi) is 3.51. The molecule has 0 atom stereocenters. The van der Waals surface area contributed by atoms with E-state index in [1.54, 1.807) is 12.3 Å². The number of nitrogens with one attached hydrogen (secondary N) is 1. The molecule has 0 unspecified atom stereocenters. The molecule has 0 saturated heterocycles. The molecular formula is C12H14N2O2. The van der Waals surface area contributed by atoms with Gasteiger partial charge in [0.15, 0.2) is 0 Å². The lowest BCUT2D eigenvalue weighted by Gasteiger charge is -2.25. The second-order valence-electron chi connectivity index (χ2n) is 4.09. The number of hydrogen-bond donors (Lipinski definition) is 2. The van der Waals surface area contributed by atoms with E-state index in [0.717, 1.165) is 0 Å². The normalized spacial score (nSPS) is 10.6. The van der Waals surface area contributed by atoms with Gasteiger partial charge in [-0.25, -0.2) is 9.78 Å². The van der Waals surface area contributed by atoms with E-state index in [-0.39, 0.29) is 11.1 Å². The fraction of sp³-hybridized carbons (Fsp3) is 0.333. The van der Waals surface area contributed by atoms with Crippen molar-refractivity contribution in [2.24, 2.45) is 0 Å². The van der Waals surface area contributed by atoms with E-state index in [9.17, 15) is 4.79 Å². The minimum atomic E-state index is -1.01. The molecule has 0 aromatic carbocycles. The first-order valence-electron chi connectivity index (χ1n) is 4.86. The zero-order valence-corrected chi connectivity index (χ0v) is 9.32. The van der Waals surface area contributed by atoms with Crippen LogP contribution in [0.1, 0.15) is 30.6 Å². The lowest BCUT2D eigenvalue weighted by Crippen LogP contribution is -2.31. The maximum Gasteiger partial charge on any atom is 0.339 e. The summed E-state index contributed by atoms with van der Waals surface area (Å²) >= 11 is 0. The van der Waals surface area contributed by atoms with Crippen LogP contribution < -0.4 is 5.32 Å². The molecule has 0 fully saturated rings. The second-order valence-corrected chi connectivity index (χ2v) is 4.09. The van der Waals surface area contributed by atoms with Crippen LogP contribution in [0.15, 0.2) is 18.3 Å². The third kappa shape index (κ3) is 2.99. The van der Waals surface area contributed by atoms with Crippen molar-refractivity contribution in [3.63, 3.8) is 0 Å². The zero-order valence-electron chi connectivity index (χ0n) is 9.32. The smallest absolute Gasteiger partial charge is 0.339 e. The van der Waals surface area contributed by atoms with Crippen LogP contribution in [-0.2, 0) is 0 Å². The van der Waals surface area contributed by atoms with E-state index >= 15 is 0 Å². The topological polar surface area (TPSA) is 62.2 Å². The highest BCUT2D eigenvalue weighted by Crippen LogP contribution is 2.19. The van der Waals surface area contributed by atoms with Gasteiger partial charge in [0.2, 0.25) is 0 Å². The van der Waals surface area contributed by atoms with Crippen LogP contribution in [0.25, 0.3) is 0 Å². The Hall–Kier alpha value is -2.02. The Labute approximate surface area is 94.7 Å². The van der Waals surface area contributed by atoms with Crippen molar-refractivity contribution >= 4 is 11.8 Å². The summed E-state index contributed by atoms with van der Waals surface area (Å²) in [4.78, 5) is 15.0. The molecule has 84 valence electrons. The molecule has 0 spiro atoms. The van der Waals surface area contributed by atoms with E-state index < -0.39 is 5.97 Å². The van der Waals surface area contributed by atoms with Gasteiger partial charge in [0.05, 0.1) is 0 Å². The molecule has 1 heterocycles. The molecule has 0 bridgehead atoms. The molecule has 1 aromatic heterocycles. The van der Waals surface area contributed by atoms with Crippen molar-refractivity contribution in [1.82, 2.24) is 4.98 Å². The van der Waals surface area contributed by atoms with E-state index in [0.29, 0.717) is 12.2 Å². The molecule has 0 aliphatic carbocycles. The number of pyridine rings is 1. The minimum Gasteiger partial charge on any atom is -0.478 e. The molecule has 1 rings (SSSR count). The minimum absolute atomic E-state index is 0.146. The van der Waals surface area contributed by atoms with Gasteiger partial charge in [0.1, 0.15) is 11.4 Å². The Morgan fingerprint density at radius 1 is 1.69 bits per heavy atom. The molecular weight excluding hydrogens is 204 g/mol. The van der Waals surface area contributed by atoms with Gasteiger partial charge in [0, 0.05) is 18.2 Å². The van der Waals surface area contributed by atoms with Crippen molar-refractivity contribution < 1.29 is 9.90 Å². The first-order chi connectivity index (χ1) is 7.46. The van der Waals surface area contributed by atoms with E-state index in [1.165, 1.54) is 6.07 Å². The van der Waals surface area contributed by atoms with Gasteiger partial charge in [-0.2, -0.15) is 0 Å². The number of hydrogen-bond acceptors (Lipinski definition) is 3. The summed E-state index contributed by atoms with van der Waals surface area (Å²) in [6.07, 6.45) is 7.27. The van der Waals surface area contributed by atoms with Gasteiger partial charge in [-0.3, -0.25) is 0 Å². The fourth-order valence-corrected chi connectivity index (χ4v) is 1.30. The summed E-state index contributed by atoms with van der Waals surface area (Å²) < 4.78 is 0. The van der Waals surface area contributed by atoms with Crippen molar-refractivity contribution in [2.75, 3.05) is 5.32 Å². The standard InChI is InChI=1S/C12H14N2O2/c1-4-7-12(2,3)14-10-9(11(15)16)6-5-8-13-10/h1,5-6,8H,7H2,2-3H3,(H,13,14)(H,15,16). The molecule has 2 N–H and O–H groups in total. The van der Waals surface area contributed by atoms with Gasteiger partial charge in [0.25, 0.3) is 0 Å². The maximum absolute atomic E-state index is 10.9. The van der Waals surface area contributed by atoms with Crippen molar-refractivity contribution in [2.45, 2.75) is 25.8 Å². The molecule has 4 heteroatoms. The Balaban J connectivity index is 2.98. The molecule has 0 amide bonds. The summed E-state index contributed by atoms with van der Waals surface area (Å²) in [6, 6.07) is 3.09. The van der Waals surface area contributed by atoms with Crippen molar-refractivity contribution in [3.8, 4) is 12.3 Å². The van der Waals surface area contributed by atoms with Crippen LogP contribution in [0, 0.1) is 12.3 Å². The number of nitrogens with zero attached hydrogens (tertiary/aromatic N) is 1. The number of carboxylic acids is 1. The molecule has 4 nitrogen and oxygen atoms in total. The number of rotatable bonds is 4. The average molecular weight is 218 g/mol. The predicted molar refractivity (Wildman–Crippen MR) is 62.3 cm³/mol. The summed E-state index contributed by atoms with van der Waals surface area (Å²) in [7, 11) is 0. The number of carbonyl (C=O) groups is 1. The first kappa shape index (κ1) is 12.1. The molecule has 16 heavy (non-hydrogen) atoms. The van der Waals surface area contributed by atoms with Crippen LogP contribution in [0.3, 0.4) is 0 Å². The molecule has 0 saturated carbocycles. The van der Waals surface area contributed by atoms with E-state index in [2.05, 4.69) is 16.2 Å². The lowest BCUT2D eigenvalue weighted by atomic mass is 10.0. The lowest BCUT2D eigenvalue weighted by molar-refractivity contribution is 0.0697. The molecule has 0 aliphatic rings. The molecule has 1 aromatic rings. The van der Waals surface area contributed by atoms with Crippen LogP contribution in [0.5, 0.6) is 0 Å². The molecule has 0 aliphatic heterocycles. The number of aromatic carboxylic acids is 1. The largest absolute Gasteiger partial charge is 0.478 e. The van der Waals surface area contributed by atoms with Gasteiger partial charge in [-0.15, -0.1) is 12.3 Å². The number of aromatic nitrogens is 1. The quantitative estimate of drug-likeness (QED) is 0.759. The number of terminal acetylenes is 1. The van der Waals surface area contributed by atoms with Crippen LogP contribution >= 0.6 is 0 Å². The fourth-order valence-electron chi connectivity index (χ4n) is 1.30. The molecule has 0 radical (unpaired) electrons. The highest BCUT2D eigenvalue weighted by Gasteiger charge is 2.20. The summed E-state index contributed by atoms with van der Waals surface area (Å²) in [5.74, 6) is 1.87. The van der Waals surface area contributed by atoms with Gasteiger partial charge < -0.3 is 10.4 Å². The SMILES string of the molecule is C#CCC(C)(C)Nc1ncccc1C(=O)O. The van der Waals surface area contributed by atoms with E-state index in [1.807, 2.05) is 13.8 Å². The highest BCUT2D eigenvalue weighted by molar-refractivity contribution is 5.93. The van der Waals surface area contributed by atoms with Gasteiger partial charge in [-0.1, -0.05) is 0 Å². The first-order valence-corrected chi connectivity index (χ1v) is 4.86. The maximum atomic E-state index is 10.9. The average Bonchev–Trinajstić information content (AvgIpc) is 2.17. The second kappa shape index (κ2) is 4.67. The Morgan fingerprint density at radius 3 is 2.94 bits per heavy atom. The van der Waals surface area contributed by atoms with Crippen molar-refractivity contribution in [3.05, 3.63) is 23.9 Å². The Morgan fingerprint density at radius 2 is 2.38 bits per heavy atom. The zero-order chi connectivity index (χ0) is 12.2. The number of anilines is 1. The third-order valence-electron chi connectivity index (χ3n) is 2.04. The number of carboxylic acid groups (broad SMARTS) is 1. The highest BCUT2D eigenvalue weighted by atomic mass is 16.4. The summed E-state index contributed by atoms with van der Waals surface area (Å²) in [6.45, 7) is 3.79. The van der Waals surface area contributed by atoms with Crippen LogP contribution in [0.4, 0.5) is 5.82 Å².